The summed E-state index contributed by atoms with van der Waals surface area (Å²) in [6.45, 7) is 6.46. The van der Waals surface area contributed by atoms with Crippen LogP contribution < -0.4 is 0 Å². The average Bonchev–Trinajstić information content (AvgIpc) is 2.28. The first-order valence-corrected chi connectivity index (χ1v) is 6.47. The first-order valence-electron chi connectivity index (χ1n) is 5.72. The Kier molecular flexibility index (Phi) is 5.74. The van der Waals surface area contributed by atoms with Crippen LogP contribution in [0.4, 0.5) is 0 Å². The van der Waals surface area contributed by atoms with Crippen LogP contribution in [0, 0.1) is 5.92 Å². The highest BCUT2D eigenvalue weighted by Gasteiger charge is 2.26. The molecule has 0 heterocycles. The largest absolute Gasteiger partial charge is 0.386 e. The maximum absolute atomic E-state index is 10.3. The first-order chi connectivity index (χ1) is 7.97. The molecule has 0 spiro atoms. The molecule has 1 aromatic rings. The summed E-state index contributed by atoms with van der Waals surface area (Å²) in [5.41, 5.74) is 0.617. The Bertz CT molecular complexity index is 366. The highest BCUT2D eigenvalue weighted by Crippen LogP contribution is 2.31. The van der Waals surface area contributed by atoms with Crippen molar-refractivity contribution >= 4 is 23.2 Å². The van der Waals surface area contributed by atoms with Gasteiger partial charge in [0.1, 0.15) is 6.10 Å². The second-order valence-electron chi connectivity index (χ2n) is 4.27. The Morgan fingerprint density at radius 1 is 1.29 bits per heavy atom. The molecule has 1 rings (SSSR count). The molecule has 1 N–H and O–H groups in total. The van der Waals surface area contributed by atoms with Gasteiger partial charge in [0.25, 0.3) is 0 Å². The van der Waals surface area contributed by atoms with Crippen molar-refractivity contribution in [1.29, 1.82) is 0 Å². The SMILES string of the molecule is CCOC(C(C)C)C(O)c1cc(Cl)ccc1Cl. The van der Waals surface area contributed by atoms with Gasteiger partial charge in [0.15, 0.2) is 0 Å². The summed E-state index contributed by atoms with van der Waals surface area (Å²) >= 11 is 12.0. The van der Waals surface area contributed by atoms with Crippen molar-refractivity contribution in [1.82, 2.24) is 0 Å². The lowest BCUT2D eigenvalue weighted by Crippen LogP contribution is -2.28. The van der Waals surface area contributed by atoms with E-state index in [1.165, 1.54) is 0 Å². The molecule has 96 valence electrons. The summed E-state index contributed by atoms with van der Waals surface area (Å²) in [7, 11) is 0. The van der Waals surface area contributed by atoms with Crippen molar-refractivity contribution in [2.75, 3.05) is 6.61 Å². The van der Waals surface area contributed by atoms with Crippen LogP contribution in [0.2, 0.25) is 10.0 Å². The molecule has 0 bridgehead atoms. The molecule has 0 saturated heterocycles. The molecule has 0 saturated carbocycles. The lowest BCUT2D eigenvalue weighted by atomic mass is 9.96. The summed E-state index contributed by atoms with van der Waals surface area (Å²) in [6, 6.07) is 5.07. The van der Waals surface area contributed by atoms with Gasteiger partial charge in [0, 0.05) is 22.2 Å². The van der Waals surface area contributed by atoms with Crippen molar-refractivity contribution in [3.05, 3.63) is 33.8 Å². The van der Waals surface area contributed by atoms with Gasteiger partial charge in [-0.1, -0.05) is 37.0 Å². The van der Waals surface area contributed by atoms with Crippen LogP contribution in [0.5, 0.6) is 0 Å². The van der Waals surface area contributed by atoms with Gasteiger partial charge in [-0.25, -0.2) is 0 Å². The average molecular weight is 277 g/mol. The predicted molar refractivity (Wildman–Crippen MR) is 71.7 cm³/mol. The molecule has 0 aliphatic heterocycles. The molecule has 2 atom stereocenters. The van der Waals surface area contributed by atoms with Crippen LogP contribution in [-0.4, -0.2) is 17.8 Å². The third kappa shape index (κ3) is 3.85. The molecule has 0 aliphatic carbocycles. The highest BCUT2D eigenvalue weighted by molar-refractivity contribution is 6.33. The van der Waals surface area contributed by atoms with Crippen molar-refractivity contribution in [3.8, 4) is 0 Å². The minimum Gasteiger partial charge on any atom is -0.386 e. The van der Waals surface area contributed by atoms with Crippen LogP contribution in [0.3, 0.4) is 0 Å². The molecule has 4 heteroatoms. The van der Waals surface area contributed by atoms with Crippen molar-refractivity contribution < 1.29 is 9.84 Å². The minimum atomic E-state index is -0.763. The van der Waals surface area contributed by atoms with Crippen LogP contribution in [-0.2, 0) is 4.74 Å². The highest BCUT2D eigenvalue weighted by atomic mass is 35.5. The number of aliphatic hydroxyl groups is 1. The van der Waals surface area contributed by atoms with Gasteiger partial charge >= 0.3 is 0 Å². The standard InChI is InChI=1S/C13H18Cl2O2/c1-4-17-13(8(2)3)12(16)10-7-9(14)5-6-11(10)15/h5-8,12-13,16H,4H2,1-3H3. The van der Waals surface area contributed by atoms with Crippen LogP contribution in [0.25, 0.3) is 0 Å². The van der Waals surface area contributed by atoms with Crippen molar-refractivity contribution in [3.63, 3.8) is 0 Å². The second-order valence-corrected chi connectivity index (χ2v) is 5.12. The van der Waals surface area contributed by atoms with Gasteiger partial charge in [-0.2, -0.15) is 0 Å². The zero-order chi connectivity index (χ0) is 13.0. The Morgan fingerprint density at radius 2 is 1.94 bits per heavy atom. The number of hydrogen-bond donors (Lipinski definition) is 1. The minimum absolute atomic E-state index is 0.194. The van der Waals surface area contributed by atoms with E-state index < -0.39 is 6.10 Å². The van der Waals surface area contributed by atoms with E-state index in [0.717, 1.165) is 0 Å². The lowest BCUT2D eigenvalue weighted by molar-refractivity contribution is -0.0585. The number of hydrogen-bond acceptors (Lipinski definition) is 2. The molecule has 0 fully saturated rings. The van der Waals surface area contributed by atoms with Gasteiger partial charge in [-0.05, 0) is 31.0 Å². The third-order valence-electron chi connectivity index (χ3n) is 2.60. The maximum atomic E-state index is 10.3. The molecule has 0 radical (unpaired) electrons. The second kappa shape index (κ2) is 6.60. The van der Waals surface area contributed by atoms with Crippen LogP contribution in [0.15, 0.2) is 18.2 Å². The fourth-order valence-corrected chi connectivity index (χ4v) is 2.17. The fourth-order valence-electron chi connectivity index (χ4n) is 1.76. The van der Waals surface area contributed by atoms with E-state index in [1.807, 2.05) is 20.8 Å². The zero-order valence-corrected chi connectivity index (χ0v) is 11.8. The topological polar surface area (TPSA) is 29.5 Å². The van der Waals surface area contributed by atoms with Gasteiger partial charge in [0.05, 0.1) is 6.10 Å². The van der Waals surface area contributed by atoms with Crippen molar-refractivity contribution in [2.45, 2.75) is 33.0 Å². The Labute approximate surface area is 113 Å². The number of benzene rings is 1. The number of ether oxygens (including phenoxy) is 1. The van der Waals surface area contributed by atoms with Crippen LogP contribution in [0.1, 0.15) is 32.4 Å². The van der Waals surface area contributed by atoms with Crippen LogP contribution >= 0.6 is 23.2 Å². The normalized spacial score (nSPS) is 15.0. The van der Waals surface area contributed by atoms with E-state index in [1.54, 1.807) is 18.2 Å². The fraction of sp³-hybridized carbons (Fsp3) is 0.538. The van der Waals surface area contributed by atoms with Gasteiger partial charge in [-0.3, -0.25) is 0 Å². The van der Waals surface area contributed by atoms with Crippen molar-refractivity contribution in [2.24, 2.45) is 5.92 Å². The number of rotatable bonds is 5. The lowest BCUT2D eigenvalue weighted by Gasteiger charge is -2.27. The smallest absolute Gasteiger partial charge is 0.107 e. The van der Waals surface area contributed by atoms with E-state index in [2.05, 4.69) is 0 Å². The Balaban J connectivity index is 2.99. The molecule has 1 aromatic carbocycles. The summed E-state index contributed by atoms with van der Waals surface area (Å²) in [6.07, 6.45) is -1.04. The van der Waals surface area contributed by atoms with E-state index >= 15 is 0 Å². The molecule has 0 aromatic heterocycles. The molecule has 0 amide bonds. The number of halogens is 2. The summed E-state index contributed by atoms with van der Waals surface area (Å²) in [5.74, 6) is 0.194. The predicted octanol–water partition coefficient (Wildman–Crippen LogP) is 4.09. The first kappa shape index (κ1) is 14.8. The molecule has 2 nitrogen and oxygen atoms in total. The molecule has 17 heavy (non-hydrogen) atoms. The van der Waals surface area contributed by atoms with E-state index in [0.29, 0.717) is 22.2 Å². The summed E-state index contributed by atoms with van der Waals surface area (Å²) in [4.78, 5) is 0. The zero-order valence-electron chi connectivity index (χ0n) is 10.3. The monoisotopic (exact) mass is 276 g/mol. The quantitative estimate of drug-likeness (QED) is 0.878. The number of aliphatic hydroxyl groups excluding tert-OH is 1. The molecule has 2 unspecified atom stereocenters. The van der Waals surface area contributed by atoms with Gasteiger partial charge in [0.2, 0.25) is 0 Å². The maximum Gasteiger partial charge on any atom is 0.107 e. The van der Waals surface area contributed by atoms with Gasteiger partial charge < -0.3 is 9.84 Å². The molecule has 0 aliphatic rings. The third-order valence-corrected chi connectivity index (χ3v) is 3.18. The Hall–Kier alpha value is -0.280. The summed E-state index contributed by atoms with van der Waals surface area (Å²) in [5, 5.41) is 11.4. The van der Waals surface area contributed by atoms with Gasteiger partial charge in [-0.15, -0.1) is 0 Å². The van der Waals surface area contributed by atoms with E-state index in [4.69, 9.17) is 27.9 Å². The summed E-state index contributed by atoms with van der Waals surface area (Å²) < 4.78 is 5.56. The van der Waals surface area contributed by atoms with E-state index in [-0.39, 0.29) is 12.0 Å². The Morgan fingerprint density at radius 3 is 2.47 bits per heavy atom. The molecular weight excluding hydrogens is 259 g/mol. The van der Waals surface area contributed by atoms with E-state index in [9.17, 15) is 5.11 Å². The molecular formula is C13H18Cl2O2.